The number of aliphatic hydroxyl groups excluding tert-OH is 1. The highest BCUT2D eigenvalue weighted by Gasteiger charge is 2.22. The molecule has 0 saturated carbocycles. The van der Waals surface area contributed by atoms with E-state index in [1.807, 2.05) is 47.4 Å². The fourth-order valence-electron chi connectivity index (χ4n) is 5.11. The molecule has 0 aliphatic carbocycles. The van der Waals surface area contributed by atoms with Gasteiger partial charge in [-0.1, -0.05) is 51.1 Å². The summed E-state index contributed by atoms with van der Waals surface area (Å²) in [5.41, 5.74) is 6.86. The van der Waals surface area contributed by atoms with E-state index in [4.69, 9.17) is 0 Å². The number of hydrogen-bond acceptors (Lipinski definition) is 5. The number of aromatic nitrogens is 3. The van der Waals surface area contributed by atoms with Gasteiger partial charge in [-0.15, -0.1) is 0 Å². The van der Waals surface area contributed by atoms with Crippen molar-refractivity contribution >= 4 is 34.2 Å². The van der Waals surface area contributed by atoms with Gasteiger partial charge in [-0.3, -0.25) is 4.79 Å². The van der Waals surface area contributed by atoms with Crippen LogP contribution in [-0.4, -0.2) is 69.0 Å². The molecule has 1 aliphatic heterocycles. The van der Waals surface area contributed by atoms with E-state index >= 15 is 0 Å². The molecular weight excluding hydrogens is 516 g/mol. The predicted octanol–water partition coefficient (Wildman–Crippen LogP) is 5.44. The van der Waals surface area contributed by atoms with Gasteiger partial charge < -0.3 is 25.2 Å². The van der Waals surface area contributed by atoms with Gasteiger partial charge in [0.15, 0.2) is 0 Å². The second-order valence-corrected chi connectivity index (χ2v) is 11.5. The summed E-state index contributed by atoms with van der Waals surface area (Å²) in [5, 5.41) is 14.2. The first-order valence-electron chi connectivity index (χ1n) is 13.7. The number of amides is 3. The fraction of sp³-hybridized carbons (Fsp3) is 0.312. The zero-order valence-corrected chi connectivity index (χ0v) is 24.2. The predicted molar refractivity (Wildman–Crippen MR) is 162 cm³/mol. The lowest BCUT2D eigenvalue weighted by Crippen LogP contribution is -2.41. The standard InChI is InChI=1S/C32H36N6O3/c1-32(2,3)22-11-9-21(10-12-22)30(40)36-26-8-6-7-23(25(26)18-39)28-24-17-27(35-29(24)34-19-33-28)20-13-15-38(16-14-20)31(41)37(4)5/h6-13,17,19,39H,14-16,18H2,1-5H3,(H,36,40)(H,33,34,35). The minimum Gasteiger partial charge on any atom is -0.392 e. The number of hydrogen-bond donors (Lipinski definition) is 3. The average molecular weight is 553 g/mol. The summed E-state index contributed by atoms with van der Waals surface area (Å²) in [4.78, 5) is 41.3. The van der Waals surface area contributed by atoms with Crippen LogP contribution in [0.15, 0.2) is 60.9 Å². The minimum atomic E-state index is -0.279. The number of urea groups is 1. The van der Waals surface area contributed by atoms with E-state index < -0.39 is 0 Å². The summed E-state index contributed by atoms with van der Waals surface area (Å²) in [6.07, 6.45) is 4.27. The molecule has 0 spiro atoms. The maximum absolute atomic E-state index is 13.1. The van der Waals surface area contributed by atoms with Crippen LogP contribution in [0.1, 0.15) is 54.4 Å². The number of nitrogens with one attached hydrogen (secondary N) is 2. The van der Waals surface area contributed by atoms with Gasteiger partial charge in [-0.25, -0.2) is 14.8 Å². The Morgan fingerprint density at radius 2 is 1.85 bits per heavy atom. The quantitative estimate of drug-likeness (QED) is 0.305. The Morgan fingerprint density at radius 3 is 2.49 bits per heavy atom. The summed E-state index contributed by atoms with van der Waals surface area (Å²) in [6, 6.07) is 15.1. The Labute approximate surface area is 239 Å². The lowest BCUT2D eigenvalue weighted by atomic mass is 9.86. The molecule has 5 rings (SSSR count). The highest BCUT2D eigenvalue weighted by atomic mass is 16.3. The number of fused-ring (bicyclic) bond motifs is 1. The van der Waals surface area contributed by atoms with E-state index in [2.05, 4.69) is 47.1 Å². The van der Waals surface area contributed by atoms with Crippen molar-refractivity contribution in [1.29, 1.82) is 0 Å². The summed E-state index contributed by atoms with van der Waals surface area (Å²) in [6.45, 7) is 7.28. The fourth-order valence-corrected chi connectivity index (χ4v) is 5.11. The van der Waals surface area contributed by atoms with Crippen LogP contribution in [0.2, 0.25) is 0 Å². The summed E-state index contributed by atoms with van der Waals surface area (Å²) in [7, 11) is 3.51. The van der Waals surface area contributed by atoms with Gasteiger partial charge in [0.25, 0.3) is 5.91 Å². The van der Waals surface area contributed by atoms with Gasteiger partial charge in [0.2, 0.25) is 0 Å². The van der Waals surface area contributed by atoms with Crippen molar-refractivity contribution in [1.82, 2.24) is 24.8 Å². The van der Waals surface area contributed by atoms with Gasteiger partial charge in [0, 0.05) is 60.6 Å². The summed E-state index contributed by atoms with van der Waals surface area (Å²) < 4.78 is 0. The molecule has 9 heteroatoms. The molecular formula is C32H36N6O3. The van der Waals surface area contributed by atoms with E-state index in [0.717, 1.165) is 28.6 Å². The molecule has 2 aromatic carbocycles. The van der Waals surface area contributed by atoms with E-state index in [1.54, 1.807) is 25.1 Å². The topological polar surface area (TPSA) is 114 Å². The molecule has 3 heterocycles. The van der Waals surface area contributed by atoms with Gasteiger partial charge >= 0.3 is 6.03 Å². The Morgan fingerprint density at radius 1 is 1.10 bits per heavy atom. The summed E-state index contributed by atoms with van der Waals surface area (Å²) in [5.74, 6) is -0.250. The Hall–Kier alpha value is -4.50. The van der Waals surface area contributed by atoms with Crippen LogP contribution in [0.4, 0.5) is 10.5 Å². The first-order valence-corrected chi connectivity index (χ1v) is 13.7. The third-order valence-electron chi connectivity index (χ3n) is 7.48. The van der Waals surface area contributed by atoms with Gasteiger partial charge in [0.05, 0.1) is 12.3 Å². The van der Waals surface area contributed by atoms with Crippen molar-refractivity contribution in [3.8, 4) is 11.3 Å². The van der Waals surface area contributed by atoms with Crippen molar-refractivity contribution in [3.05, 3.63) is 83.3 Å². The number of H-pyrrole nitrogens is 1. The number of carbonyl (C=O) groups is 2. The van der Waals surface area contributed by atoms with E-state index in [0.29, 0.717) is 46.8 Å². The molecule has 4 aromatic rings. The molecule has 9 nitrogen and oxygen atoms in total. The molecule has 0 fully saturated rings. The number of rotatable bonds is 5. The SMILES string of the molecule is CN(C)C(=O)N1CC=C(c2cc3c(-c4cccc(NC(=O)c5ccc(C(C)(C)C)cc5)c4CO)ncnc3[nH]2)CC1. The lowest BCUT2D eigenvalue weighted by Gasteiger charge is -2.28. The van der Waals surface area contributed by atoms with Crippen LogP contribution in [0, 0.1) is 0 Å². The first-order chi connectivity index (χ1) is 19.6. The van der Waals surface area contributed by atoms with E-state index in [9.17, 15) is 14.7 Å². The molecule has 212 valence electrons. The van der Waals surface area contributed by atoms with Crippen molar-refractivity contribution in [2.24, 2.45) is 0 Å². The van der Waals surface area contributed by atoms with Gasteiger partial charge in [-0.05, 0) is 47.2 Å². The number of aromatic amines is 1. The molecule has 3 amide bonds. The van der Waals surface area contributed by atoms with Crippen molar-refractivity contribution < 1.29 is 14.7 Å². The third-order valence-corrected chi connectivity index (χ3v) is 7.48. The minimum absolute atomic E-state index is 0.00414. The molecule has 0 atom stereocenters. The Balaban J connectivity index is 1.44. The van der Waals surface area contributed by atoms with Crippen molar-refractivity contribution in [3.63, 3.8) is 0 Å². The lowest BCUT2D eigenvalue weighted by molar-refractivity contribution is 0.102. The van der Waals surface area contributed by atoms with Crippen LogP contribution in [0.3, 0.4) is 0 Å². The largest absolute Gasteiger partial charge is 0.392 e. The average Bonchev–Trinajstić information content (AvgIpc) is 3.41. The highest BCUT2D eigenvalue weighted by molar-refractivity contribution is 6.05. The van der Waals surface area contributed by atoms with Crippen LogP contribution in [0.25, 0.3) is 27.9 Å². The number of benzene rings is 2. The molecule has 0 bridgehead atoms. The van der Waals surface area contributed by atoms with Crippen LogP contribution in [-0.2, 0) is 12.0 Å². The molecule has 0 unspecified atom stereocenters. The second kappa shape index (κ2) is 11.2. The number of carbonyl (C=O) groups excluding carboxylic acids is 2. The van der Waals surface area contributed by atoms with Crippen molar-refractivity contribution in [2.45, 2.75) is 39.2 Å². The van der Waals surface area contributed by atoms with Crippen LogP contribution >= 0.6 is 0 Å². The van der Waals surface area contributed by atoms with Crippen molar-refractivity contribution in [2.75, 3.05) is 32.5 Å². The zero-order valence-electron chi connectivity index (χ0n) is 24.2. The molecule has 2 aromatic heterocycles. The molecule has 3 N–H and O–H groups in total. The van der Waals surface area contributed by atoms with Crippen LogP contribution < -0.4 is 5.32 Å². The monoisotopic (exact) mass is 552 g/mol. The molecule has 0 radical (unpaired) electrons. The zero-order chi connectivity index (χ0) is 29.3. The molecule has 0 saturated heterocycles. The normalized spacial score (nSPS) is 13.7. The maximum atomic E-state index is 13.1. The Kier molecular flexibility index (Phi) is 7.64. The van der Waals surface area contributed by atoms with E-state index in [-0.39, 0.29) is 24.0 Å². The number of aliphatic hydroxyl groups is 1. The van der Waals surface area contributed by atoms with Gasteiger partial charge in [0.1, 0.15) is 12.0 Å². The second-order valence-electron chi connectivity index (χ2n) is 11.5. The molecule has 41 heavy (non-hydrogen) atoms. The van der Waals surface area contributed by atoms with E-state index in [1.165, 1.54) is 6.33 Å². The first kappa shape index (κ1) is 28.0. The number of nitrogens with zero attached hydrogens (tertiary/aromatic N) is 4. The molecule has 1 aliphatic rings. The maximum Gasteiger partial charge on any atom is 0.319 e. The van der Waals surface area contributed by atoms with Gasteiger partial charge in [-0.2, -0.15) is 0 Å². The van der Waals surface area contributed by atoms with Crippen LogP contribution in [0.5, 0.6) is 0 Å². The highest BCUT2D eigenvalue weighted by Crippen LogP contribution is 2.34. The number of anilines is 1. The Bertz CT molecular complexity index is 1630. The summed E-state index contributed by atoms with van der Waals surface area (Å²) >= 11 is 0. The third kappa shape index (κ3) is 5.71. The smallest absolute Gasteiger partial charge is 0.319 e.